The molecule has 1 rings (SSSR count). The zero-order chi connectivity index (χ0) is 11.3. The lowest BCUT2D eigenvalue weighted by atomic mass is 10.3. The second kappa shape index (κ2) is 4.95. The van der Waals surface area contributed by atoms with Crippen molar-refractivity contribution in [1.29, 1.82) is 0 Å². The molecule has 0 bridgehead atoms. The number of hydrogen-bond donors (Lipinski definition) is 1. The summed E-state index contributed by atoms with van der Waals surface area (Å²) in [5.74, 6) is 0.556. The van der Waals surface area contributed by atoms with Crippen molar-refractivity contribution in [3.63, 3.8) is 0 Å². The molecule has 5 heteroatoms. The van der Waals surface area contributed by atoms with E-state index >= 15 is 0 Å². The van der Waals surface area contributed by atoms with Gasteiger partial charge in [0.25, 0.3) is 10.1 Å². The monoisotopic (exact) mass is 228 g/mol. The molecule has 0 saturated heterocycles. The molecule has 0 fully saturated rings. The number of allylic oxidation sites excluding steroid dienone is 1. The summed E-state index contributed by atoms with van der Waals surface area (Å²) >= 11 is 0. The van der Waals surface area contributed by atoms with E-state index in [4.69, 9.17) is 9.29 Å². The minimum Gasteiger partial charge on any atom is -0.490 e. The molecule has 0 unspecified atom stereocenters. The minimum absolute atomic E-state index is 0.138. The van der Waals surface area contributed by atoms with Gasteiger partial charge in [-0.25, -0.2) is 0 Å². The first kappa shape index (κ1) is 11.7. The van der Waals surface area contributed by atoms with Gasteiger partial charge in [0.2, 0.25) is 0 Å². The van der Waals surface area contributed by atoms with Crippen LogP contribution in [0.1, 0.15) is 6.92 Å². The fourth-order valence-electron chi connectivity index (χ4n) is 0.948. The van der Waals surface area contributed by atoms with E-state index in [-0.39, 0.29) is 4.90 Å². The van der Waals surface area contributed by atoms with Crippen LogP contribution in [0.25, 0.3) is 0 Å². The van der Waals surface area contributed by atoms with Gasteiger partial charge in [-0.1, -0.05) is 12.2 Å². The lowest BCUT2D eigenvalue weighted by Crippen LogP contribution is -1.98. The highest BCUT2D eigenvalue weighted by molar-refractivity contribution is 7.85. The Morgan fingerprint density at radius 3 is 2.40 bits per heavy atom. The van der Waals surface area contributed by atoms with E-state index in [0.717, 1.165) is 0 Å². The largest absolute Gasteiger partial charge is 0.490 e. The van der Waals surface area contributed by atoms with Crippen LogP contribution in [0, 0.1) is 0 Å². The van der Waals surface area contributed by atoms with Gasteiger partial charge in [0, 0.05) is 0 Å². The van der Waals surface area contributed by atoms with Gasteiger partial charge in [-0.15, -0.1) is 0 Å². The highest BCUT2D eigenvalue weighted by Crippen LogP contribution is 2.15. The Balaban J connectivity index is 2.73. The summed E-state index contributed by atoms with van der Waals surface area (Å²) in [7, 11) is -4.11. The molecule has 0 radical (unpaired) electrons. The van der Waals surface area contributed by atoms with E-state index in [1.807, 2.05) is 19.1 Å². The van der Waals surface area contributed by atoms with Gasteiger partial charge in [0.15, 0.2) is 0 Å². The van der Waals surface area contributed by atoms with Crippen molar-refractivity contribution in [1.82, 2.24) is 0 Å². The Hall–Kier alpha value is -1.33. The van der Waals surface area contributed by atoms with Crippen LogP contribution in [0.15, 0.2) is 41.3 Å². The van der Waals surface area contributed by atoms with Gasteiger partial charge in [-0.05, 0) is 31.2 Å². The molecule has 4 nitrogen and oxygen atoms in total. The molecule has 0 aromatic heterocycles. The van der Waals surface area contributed by atoms with Crippen molar-refractivity contribution in [3.05, 3.63) is 36.4 Å². The summed E-state index contributed by atoms with van der Waals surface area (Å²) < 4.78 is 35.4. The van der Waals surface area contributed by atoms with E-state index in [0.29, 0.717) is 12.4 Å². The summed E-state index contributed by atoms with van der Waals surface area (Å²) in [6, 6.07) is 5.57. The van der Waals surface area contributed by atoms with Crippen molar-refractivity contribution in [3.8, 4) is 5.75 Å². The van der Waals surface area contributed by atoms with Crippen molar-refractivity contribution in [2.75, 3.05) is 6.61 Å². The van der Waals surface area contributed by atoms with Crippen molar-refractivity contribution in [2.45, 2.75) is 11.8 Å². The van der Waals surface area contributed by atoms with Gasteiger partial charge in [0.1, 0.15) is 12.4 Å². The van der Waals surface area contributed by atoms with Gasteiger partial charge in [-0.2, -0.15) is 8.42 Å². The Kier molecular flexibility index (Phi) is 3.88. The second-order valence-corrected chi connectivity index (χ2v) is 4.25. The minimum atomic E-state index is -4.11. The summed E-state index contributed by atoms with van der Waals surface area (Å²) in [5, 5.41) is 0. The number of ether oxygens (including phenoxy) is 1. The molecule has 0 heterocycles. The molecule has 0 aliphatic heterocycles. The standard InChI is InChI=1S/C10H12O4S/c1-2-3-8-14-9-4-6-10(7-5-9)15(11,12)13/h2-7H,8H2,1H3,(H,11,12,13). The molecule has 1 N–H and O–H groups in total. The Morgan fingerprint density at radius 1 is 1.33 bits per heavy atom. The smallest absolute Gasteiger partial charge is 0.294 e. The van der Waals surface area contributed by atoms with E-state index < -0.39 is 10.1 Å². The van der Waals surface area contributed by atoms with E-state index in [2.05, 4.69) is 0 Å². The van der Waals surface area contributed by atoms with Crippen molar-refractivity contribution in [2.24, 2.45) is 0 Å². The maximum Gasteiger partial charge on any atom is 0.294 e. The van der Waals surface area contributed by atoms with Crippen molar-refractivity contribution >= 4 is 10.1 Å². The lowest BCUT2D eigenvalue weighted by molar-refractivity contribution is 0.362. The average molecular weight is 228 g/mol. The van der Waals surface area contributed by atoms with Gasteiger partial charge < -0.3 is 4.74 Å². The summed E-state index contributed by atoms with van der Waals surface area (Å²) in [5.41, 5.74) is 0. The van der Waals surface area contributed by atoms with Crippen molar-refractivity contribution < 1.29 is 17.7 Å². The summed E-state index contributed by atoms with van der Waals surface area (Å²) in [4.78, 5) is -0.138. The molecule has 0 aliphatic rings. The predicted octanol–water partition coefficient (Wildman–Crippen LogP) is 1.89. The molecule has 82 valence electrons. The second-order valence-electron chi connectivity index (χ2n) is 2.83. The highest BCUT2D eigenvalue weighted by Gasteiger charge is 2.08. The molecule has 1 aromatic rings. The summed E-state index contributed by atoms with van der Waals surface area (Å²) in [6.45, 7) is 2.31. The number of hydrogen-bond acceptors (Lipinski definition) is 3. The molecule has 15 heavy (non-hydrogen) atoms. The first-order valence-electron chi connectivity index (χ1n) is 4.35. The maximum absolute atomic E-state index is 10.7. The molecule has 0 aliphatic carbocycles. The fourth-order valence-corrected chi connectivity index (χ4v) is 1.43. The van der Waals surface area contributed by atoms with E-state index in [1.54, 1.807) is 0 Å². The molecule has 0 atom stereocenters. The predicted molar refractivity (Wildman–Crippen MR) is 56.6 cm³/mol. The molecule has 0 saturated carbocycles. The molecular formula is C10H12O4S. The topological polar surface area (TPSA) is 63.6 Å². The maximum atomic E-state index is 10.7. The normalized spacial score (nSPS) is 11.9. The van der Waals surface area contributed by atoms with Gasteiger partial charge >= 0.3 is 0 Å². The van der Waals surface area contributed by atoms with Crippen LogP contribution in [0.4, 0.5) is 0 Å². The average Bonchev–Trinajstić information content (AvgIpc) is 2.18. The zero-order valence-corrected chi connectivity index (χ0v) is 9.07. The third-order valence-electron chi connectivity index (χ3n) is 1.70. The first-order chi connectivity index (χ1) is 7.04. The Bertz CT molecular complexity index is 431. The Morgan fingerprint density at radius 2 is 1.93 bits per heavy atom. The lowest BCUT2D eigenvalue weighted by Gasteiger charge is -2.03. The molecular weight excluding hydrogens is 216 g/mol. The first-order valence-corrected chi connectivity index (χ1v) is 5.79. The van der Waals surface area contributed by atoms with Gasteiger partial charge in [0.05, 0.1) is 4.90 Å². The van der Waals surface area contributed by atoms with Crippen LogP contribution in [0.2, 0.25) is 0 Å². The zero-order valence-electron chi connectivity index (χ0n) is 8.25. The Labute approximate surface area is 88.9 Å². The van der Waals surface area contributed by atoms with Crippen LogP contribution in [0.5, 0.6) is 5.75 Å². The van der Waals surface area contributed by atoms with E-state index in [1.165, 1.54) is 24.3 Å². The van der Waals surface area contributed by atoms with Crippen LogP contribution in [-0.4, -0.2) is 19.6 Å². The fraction of sp³-hybridized carbons (Fsp3) is 0.200. The summed E-state index contributed by atoms with van der Waals surface area (Å²) in [6.07, 6.45) is 3.68. The quantitative estimate of drug-likeness (QED) is 0.631. The number of benzene rings is 1. The third kappa shape index (κ3) is 3.73. The highest BCUT2D eigenvalue weighted by atomic mass is 32.2. The van der Waals surface area contributed by atoms with Crippen LogP contribution < -0.4 is 4.74 Å². The number of rotatable bonds is 4. The third-order valence-corrected chi connectivity index (χ3v) is 2.57. The van der Waals surface area contributed by atoms with Gasteiger partial charge in [-0.3, -0.25) is 4.55 Å². The van der Waals surface area contributed by atoms with Crippen LogP contribution in [0.3, 0.4) is 0 Å². The van der Waals surface area contributed by atoms with Crippen LogP contribution >= 0.6 is 0 Å². The molecule has 0 amide bonds. The van der Waals surface area contributed by atoms with E-state index in [9.17, 15) is 8.42 Å². The molecule has 1 aromatic carbocycles. The van der Waals surface area contributed by atoms with Crippen LogP contribution in [-0.2, 0) is 10.1 Å². The SMILES string of the molecule is CC=CCOc1ccc(S(=O)(=O)O)cc1. The molecule has 0 spiro atoms.